The molecule has 1 fully saturated rings. The average molecular weight is 377 g/mol. The first-order valence-corrected chi connectivity index (χ1v) is 9.11. The highest BCUT2D eigenvalue weighted by atomic mass is 19.1. The molecule has 0 aromatic heterocycles. The number of piperazine rings is 1. The Bertz CT molecular complexity index is 830. The smallest absolute Gasteiger partial charge is 0.151 e. The van der Waals surface area contributed by atoms with Crippen LogP contribution in [0.5, 0.6) is 0 Å². The summed E-state index contributed by atoms with van der Waals surface area (Å²) in [5.74, 6) is -1.69. The van der Waals surface area contributed by atoms with Crippen molar-refractivity contribution in [3.63, 3.8) is 0 Å². The Hall–Kier alpha value is -2.54. The zero-order valence-electron chi connectivity index (χ0n) is 15.5. The van der Waals surface area contributed by atoms with Gasteiger partial charge in [-0.3, -0.25) is 5.43 Å². The van der Waals surface area contributed by atoms with E-state index in [-0.39, 0.29) is 11.5 Å². The summed E-state index contributed by atoms with van der Waals surface area (Å²) in [6.45, 7) is 8.62. The van der Waals surface area contributed by atoms with Crippen LogP contribution in [0, 0.1) is 17.5 Å². The van der Waals surface area contributed by atoms with Gasteiger partial charge in [0.2, 0.25) is 0 Å². The highest BCUT2D eigenvalue weighted by Crippen LogP contribution is 2.21. The largest absolute Gasteiger partial charge is 0.358 e. The standard InChI is InChI=1S/C20H23F3N4/c1-3-26-8-10-27(11-9-26)20-7-4-15(12-18(20)23)14(2)24-25-19-6-5-16(21)13-17(19)22/h4-7,12-13,25H,3,8-11H2,1-2H3/p+1/b24-14-. The number of nitrogens with zero attached hydrogens (tertiary/aromatic N) is 2. The molecule has 0 spiro atoms. The van der Waals surface area contributed by atoms with Crippen LogP contribution < -0.4 is 15.2 Å². The Balaban J connectivity index is 1.70. The Morgan fingerprint density at radius 2 is 1.81 bits per heavy atom. The number of rotatable bonds is 5. The van der Waals surface area contributed by atoms with Crippen molar-refractivity contribution in [2.45, 2.75) is 13.8 Å². The van der Waals surface area contributed by atoms with Gasteiger partial charge in [-0.05, 0) is 38.1 Å². The number of quaternary nitrogens is 1. The quantitative estimate of drug-likeness (QED) is 0.620. The van der Waals surface area contributed by atoms with Crippen molar-refractivity contribution in [3.8, 4) is 0 Å². The van der Waals surface area contributed by atoms with E-state index in [0.717, 1.165) is 44.9 Å². The molecule has 7 heteroatoms. The molecule has 2 aromatic carbocycles. The molecule has 0 radical (unpaired) electrons. The summed E-state index contributed by atoms with van der Waals surface area (Å²) in [7, 11) is 0. The molecule has 3 rings (SSSR count). The lowest BCUT2D eigenvalue weighted by Gasteiger charge is -2.33. The molecule has 0 amide bonds. The summed E-state index contributed by atoms with van der Waals surface area (Å²) < 4.78 is 41.2. The third kappa shape index (κ3) is 4.60. The second-order valence-electron chi connectivity index (χ2n) is 6.69. The summed E-state index contributed by atoms with van der Waals surface area (Å²) in [5.41, 5.74) is 4.32. The van der Waals surface area contributed by atoms with Crippen LogP contribution >= 0.6 is 0 Å². The fraction of sp³-hybridized carbons (Fsp3) is 0.350. The molecule has 0 atom stereocenters. The Morgan fingerprint density at radius 3 is 2.44 bits per heavy atom. The minimum absolute atomic E-state index is 0.0594. The van der Waals surface area contributed by atoms with Gasteiger partial charge in [0.05, 0.1) is 49.8 Å². The van der Waals surface area contributed by atoms with E-state index in [0.29, 0.717) is 17.0 Å². The number of anilines is 2. The molecule has 4 nitrogen and oxygen atoms in total. The summed E-state index contributed by atoms with van der Waals surface area (Å²) in [4.78, 5) is 3.60. The lowest BCUT2D eigenvalue weighted by atomic mass is 10.1. The van der Waals surface area contributed by atoms with Crippen LogP contribution in [0.2, 0.25) is 0 Å². The molecular formula is C20H24F3N4+. The fourth-order valence-electron chi connectivity index (χ4n) is 3.19. The zero-order chi connectivity index (χ0) is 19.4. The van der Waals surface area contributed by atoms with Crippen LogP contribution in [0.4, 0.5) is 24.5 Å². The SMILES string of the molecule is CC[NH+]1CCN(c2ccc(/C(C)=N\Nc3ccc(F)cc3F)cc2F)CC1. The van der Waals surface area contributed by atoms with Crippen molar-refractivity contribution in [1.82, 2.24) is 0 Å². The maximum absolute atomic E-state index is 14.6. The van der Waals surface area contributed by atoms with Gasteiger partial charge in [-0.15, -0.1) is 0 Å². The van der Waals surface area contributed by atoms with Crippen molar-refractivity contribution in [3.05, 3.63) is 59.4 Å². The molecule has 2 aromatic rings. The molecule has 0 aliphatic carbocycles. The maximum atomic E-state index is 14.6. The average Bonchev–Trinajstić information content (AvgIpc) is 2.67. The van der Waals surface area contributed by atoms with Crippen molar-refractivity contribution >= 4 is 17.1 Å². The molecule has 0 unspecified atom stereocenters. The number of benzene rings is 2. The van der Waals surface area contributed by atoms with Crippen molar-refractivity contribution in [1.29, 1.82) is 0 Å². The first kappa shape index (κ1) is 19.2. The van der Waals surface area contributed by atoms with Crippen molar-refractivity contribution in [2.75, 3.05) is 43.0 Å². The number of halogens is 3. The van der Waals surface area contributed by atoms with E-state index < -0.39 is 11.6 Å². The maximum Gasteiger partial charge on any atom is 0.151 e. The van der Waals surface area contributed by atoms with Crippen LogP contribution in [-0.2, 0) is 0 Å². The number of nitrogens with one attached hydrogen (secondary N) is 2. The van der Waals surface area contributed by atoms with E-state index in [4.69, 9.17) is 0 Å². The zero-order valence-corrected chi connectivity index (χ0v) is 15.5. The number of hydrazone groups is 1. The summed E-state index contributed by atoms with van der Waals surface area (Å²) >= 11 is 0. The Morgan fingerprint density at radius 1 is 1.07 bits per heavy atom. The molecule has 27 heavy (non-hydrogen) atoms. The summed E-state index contributed by atoms with van der Waals surface area (Å²) in [6, 6.07) is 8.20. The molecule has 1 aliphatic heterocycles. The Labute approximate surface area is 157 Å². The van der Waals surface area contributed by atoms with Gasteiger partial charge >= 0.3 is 0 Å². The van der Waals surface area contributed by atoms with Gasteiger partial charge < -0.3 is 9.80 Å². The van der Waals surface area contributed by atoms with Gasteiger partial charge in [0.25, 0.3) is 0 Å². The van der Waals surface area contributed by atoms with Gasteiger partial charge in [-0.25, -0.2) is 13.2 Å². The third-order valence-electron chi connectivity index (χ3n) is 4.95. The fourth-order valence-corrected chi connectivity index (χ4v) is 3.19. The van der Waals surface area contributed by atoms with Gasteiger partial charge in [0.15, 0.2) is 5.82 Å². The van der Waals surface area contributed by atoms with E-state index in [1.807, 2.05) is 0 Å². The molecule has 1 heterocycles. The normalized spacial score (nSPS) is 15.9. The highest BCUT2D eigenvalue weighted by molar-refractivity contribution is 5.99. The van der Waals surface area contributed by atoms with Crippen LogP contribution in [-0.4, -0.2) is 38.4 Å². The molecule has 1 aliphatic rings. The summed E-state index contributed by atoms with van der Waals surface area (Å²) in [5, 5.41) is 4.08. The van der Waals surface area contributed by atoms with Crippen LogP contribution in [0.15, 0.2) is 41.5 Å². The molecular weight excluding hydrogens is 353 g/mol. The van der Waals surface area contributed by atoms with E-state index in [9.17, 15) is 13.2 Å². The van der Waals surface area contributed by atoms with Crippen molar-refractivity contribution in [2.24, 2.45) is 5.10 Å². The highest BCUT2D eigenvalue weighted by Gasteiger charge is 2.21. The lowest BCUT2D eigenvalue weighted by Crippen LogP contribution is -3.14. The lowest BCUT2D eigenvalue weighted by molar-refractivity contribution is -0.898. The van der Waals surface area contributed by atoms with Crippen molar-refractivity contribution < 1.29 is 18.1 Å². The molecule has 0 saturated carbocycles. The number of hydrogen-bond acceptors (Lipinski definition) is 3. The van der Waals surface area contributed by atoms with Crippen LogP contribution in [0.1, 0.15) is 19.4 Å². The van der Waals surface area contributed by atoms with Crippen LogP contribution in [0.25, 0.3) is 0 Å². The van der Waals surface area contributed by atoms with E-state index in [1.165, 1.54) is 17.0 Å². The van der Waals surface area contributed by atoms with Gasteiger partial charge in [0.1, 0.15) is 11.6 Å². The summed E-state index contributed by atoms with van der Waals surface area (Å²) in [6.07, 6.45) is 0. The predicted octanol–water partition coefficient (Wildman–Crippen LogP) is 2.66. The topological polar surface area (TPSA) is 32.1 Å². The Kier molecular flexibility index (Phi) is 6.01. The predicted molar refractivity (Wildman–Crippen MR) is 102 cm³/mol. The molecule has 144 valence electrons. The van der Waals surface area contributed by atoms with Gasteiger partial charge in [0, 0.05) is 11.6 Å². The number of likely N-dealkylation sites (N-methyl/N-ethyl adjacent to an activating group) is 1. The monoisotopic (exact) mass is 377 g/mol. The van der Waals surface area contributed by atoms with Gasteiger partial charge in [-0.1, -0.05) is 6.07 Å². The first-order chi connectivity index (χ1) is 13.0. The van der Waals surface area contributed by atoms with E-state index in [1.54, 1.807) is 19.1 Å². The molecule has 2 N–H and O–H groups in total. The van der Waals surface area contributed by atoms with E-state index >= 15 is 0 Å². The molecule has 1 saturated heterocycles. The second kappa shape index (κ2) is 8.43. The van der Waals surface area contributed by atoms with E-state index in [2.05, 4.69) is 22.4 Å². The third-order valence-corrected chi connectivity index (χ3v) is 4.95. The van der Waals surface area contributed by atoms with Crippen LogP contribution in [0.3, 0.4) is 0 Å². The minimum Gasteiger partial charge on any atom is -0.358 e. The number of hydrogen-bond donors (Lipinski definition) is 2. The first-order valence-electron chi connectivity index (χ1n) is 9.11. The molecule has 0 bridgehead atoms. The minimum atomic E-state index is -0.735. The van der Waals surface area contributed by atoms with Gasteiger partial charge in [-0.2, -0.15) is 5.10 Å². The second-order valence-corrected chi connectivity index (χ2v) is 6.69.